The van der Waals surface area contributed by atoms with Gasteiger partial charge in [0.25, 0.3) is 0 Å². The summed E-state index contributed by atoms with van der Waals surface area (Å²) < 4.78 is 0. The van der Waals surface area contributed by atoms with Crippen LogP contribution in [-0.4, -0.2) is 21.3 Å². The molecule has 2 N–H and O–H groups in total. The van der Waals surface area contributed by atoms with Gasteiger partial charge in [-0.25, -0.2) is 4.79 Å². The first-order valence-electron chi connectivity index (χ1n) is 3.97. The lowest BCUT2D eigenvalue weighted by molar-refractivity contribution is 0.222. The zero-order chi connectivity index (χ0) is 11.8. The summed E-state index contributed by atoms with van der Waals surface area (Å²) in [4.78, 5) is 8.86. The second kappa shape index (κ2) is 7.73. The highest BCUT2D eigenvalue weighted by Gasteiger charge is 1.98. The Morgan fingerprint density at radius 3 is 2.40 bits per heavy atom. The van der Waals surface area contributed by atoms with E-state index in [1.807, 2.05) is 6.07 Å². The van der Waals surface area contributed by atoms with E-state index in [1.54, 1.807) is 12.1 Å². The number of thiol groups is 2. The Bertz CT molecular complexity index is 327. The van der Waals surface area contributed by atoms with Gasteiger partial charge in [-0.2, -0.15) is 12.6 Å². The van der Waals surface area contributed by atoms with E-state index in [0.29, 0.717) is 5.02 Å². The molecule has 0 fully saturated rings. The van der Waals surface area contributed by atoms with Crippen LogP contribution in [0.4, 0.5) is 4.79 Å². The van der Waals surface area contributed by atoms with Crippen molar-refractivity contribution in [1.29, 1.82) is 0 Å². The van der Waals surface area contributed by atoms with E-state index < -0.39 is 5.30 Å². The van der Waals surface area contributed by atoms with Crippen molar-refractivity contribution in [3.63, 3.8) is 0 Å². The van der Waals surface area contributed by atoms with Crippen molar-refractivity contribution in [3.8, 4) is 5.75 Å². The summed E-state index contributed by atoms with van der Waals surface area (Å²) in [7, 11) is 0. The SMILES string of the molecule is O=C(O)S.Oc1ccc(CCS)cc1Cl. The van der Waals surface area contributed by atoms with Gasteiger partial charge in [-0.1, -0.05) is 30.3 Å². The Morgan fingerprint density at radius 1 is 1.47 bits per heavy atom. The maximum Gasteiger partial charge on any atom is 0.361 e. The molecule has 0 aromatic heterocycles. The molecular weight excluding hydrogens is 256 g/mol. The lowest BCUT2D eigenvalue weighted by atomic mass is 10.2. The average molecular weight is 267 g/mol. The first-order chi connectivity index (χ1) is 6.97. The molecule has 84 valence electrons. The Balaban J connectivity index is 0.000000423. The number of phenolic OH excluding ortho intramolecular Hbond substituents is 1. The van der Waals surface area contributed by atoms with Crippen LogP contribution >= 0.6 is 36.9 Å². The number of aryl methyl sites for hydroxylation is 1. The van der Waals surface area contributed by atoms with E-state index in [0.717, 1.165) is 17.7 Å². The zero-order valence-corrected chi connectivity index (χ0v) is 10.3. The molecule has 1 aromatic carbocycles. The molecule has 0 unspecified atom stereocenters. The highest BCUT2D eigenvalue weighted by Crippen LogP contribution is 2.23. The first kappa shape index (κ1) is 14.5. The minimum Gasteiger partial charge on any atom is -0.506 e. The van der Waals surface area contributed by atoms with Crippen LogP contribution in [-0.2, 0) is 6.42 Å². The van der Waals surface area contributed by atoms with Crippen LogP contribution < -0.4 is 0 Å². The number of hydrogen-bond donors (Lipinski definition) is 4. The normalized spacial score (nSPS) is 9.00. The summed E-state index contributed by atoms with van der Waals surface area (Å²) in [6, 6.07) is 5.20. The van der Waals surface area contributed by atoms with Crippen LogP contribution in [0.25, 0.3) is 0 Å². The Kier molecular flexibility index (Phi) is 7.46. The monoisotopic (exact) mass is 266 g/mol. The van der Waals surface area contributed by atoms with Gasteiger partial charge in [0.05, 0.1) is 5.02 Å². The summed E-state index contributed by atoms with van der Waals surface area (Å²) >= 11 is 12.6. The molecule has 6 heteroatoms. The molecule has 1 rings (SSSR count). The highest BCUT2D eigenvalue weighted by atomic mass is 35.5. The molecule has 0 heterocycles. The standard InChI is InChI=1S/C8H9ClOS.CH2O2S/c9-7-5-6(3-4-11)1-2-8(7)10;2-1(3)4/h1-2,5,10-11H,3-4H2;4H,(H,2,3). The van der Waals surface area contributed by atoms with Gasteiger partial charge in [0.15, 0.2) is 0 Å². The van der Waals surface area contributed by atoms with Gasteiger partial charge in [0.2, 0.25) is 0 Å². The molecular formula is C9H11ClO3S2. The van der Waals surface area contributed by atoms with Gasteiger partial charge in [0, 0.05) is 0 Å². The van der Waals surface area contributed by atoms with Crippen LogP contribution in [0.15, 0.2) is 18.2 Å². The molecule has 0 amide bonds. The number of benzene rings is 1. The van der Waals surface area contributed by atoms with Crippen LogP contribution in [0.1, 0.15) is 5.56 Å². The van der Waals surface area contributed by atoms with Crippen LogP contribution in [0, 0.1) is 0 Å². The second-order valence-corrected chi connectivity index (χ2v) is 3.78. The second-order valence-electron chi connectivity index (χ2n) is 2.54. The van der Waals surface area contributed by atoms with Crippen molar-refractivity contribution >= 4 is 42.2 Å². The maximum atomic E-state index is 9.06. The molecule has 0 radical (unpaired) electrons. The molecule has 15 heavy (non-hydrogen) atoms. The number of aromatic hydroxyl groups is 1. The van der Waals surface area contributed by atoms with E-state index in [-0.39, 0.29) is 5.75 Å². The summed E-state index contributed by atoms with van der Waals surface area (Å²) in [5.41, 5.74) is 1.10. The van der Waals surface area contributed by atoms with E-state index in [2.05, 4.69) is 25.3 Å². The molecule has 0 bridgehead atoms. The van der Waals surface area contributed by atoms with Crippen molar-refractivity contribution in [2.45, 2.75) is 6.42 Å². The van der Waals surface area contributed by atoms with E-state index in [4.69, 9.17) is 26.6 Å². The smallest absolute Gasteiger partial charge is 0.361 e. The van der Waals surface area contributed by atoms with Gasteiger partial charge in [-0.05, 0) is 29.9 Å². The molecule has 0 aliphatic heterocycles. The molecule has 1 aromatic rings. The van der Waals surface area contributed by atoms with E-state index >= 15 is 0 Å². The quantitative estimate of drug-likeness (QED) is 0.622. The highest BCUT2D eigenvalue weighted by molar-refractivity contribution is 7.96. The third-order valence-electron chi connectivity index (χ3n) is 1.41. The number of hydrogen-bond acceptors (Lipinski definition) is 3. The fourth-order valence-electron chi connectivity index (χ4n) is 0.835. The fourth-order valence-corrected chi connectivity index (χ4v) is 1.30. The van der Waals surface area contributed by atoms with Crippen molar-refractivity contribution in [2.75, 3.05) is 5.75 Å². The van der Waals surface area contributed by atoms with E-state index in [9.17, 15) is 0 Å². The van der Waals surface area contributed by atoms with Crippen molar-refractivity contribution < 1.29 is 15.0 Å². The summed E-state index contributed by atoms with van der Waals surface area (Å²) in [6.07, 6.45) is 0.878. The largest absolute Gasteiger partial charge is 0.506 e. The summed E-state index contributed by atoms with van der Waals surface area (Å²) in [5.74, 6) is 0.927. The maximum absolute atomic E-state index is 9.06. The lowest BCUT2D eigenvalue weighted by Gasteiger charge is -1.99. The molecule has 0 aliphatic rings. The molecule has 0 spiro atoms. The van der Waals surface area contributed by atoms with Crippen molar-refractivity contribution in [3.05, 3.63) is 28.8 Å². The van der Waals surface area contributed by atoms with Crippen LogP contribution in [0.2, 0.25) is 5.02 Å². The third kappa shape index (κ3) is 7.41. The average Bonchev–Trinajstić information content (AvgIpc) is 2.11. The predicted octanol–water partition coefficient (Wildman–Crippen LogP) is 3.11. The van der Waals surface area contributed by atoms with Crippen molar-refractivity contribution in [1.82, 2.24) is 0 Å². The zero-order valence-electron chi connectivity index (χ0n) is 7.72. The Morgan fingerprint density at radius 2 is 2.00 bits per heavy atom. The van der Waals surface area contributed by atoms with Crippen LogP contribution in [0.5, 0.6) is 5.75 Å². The van der Waals surface area contributed by atoms with Gasteiger partial charge >= 0.3 is 5.30 Å². The number of phenols is 1. The third-order valence-corrected chi connectivity index (χ3v) is 1.94. The Hall–Kier alpha value is -0.520. The number of rotatable bonds is 2. The summed E-state index contributed by atoms with van der Waals surface area (Å²) in [6.45, 7) is 0. The van der Waals surface area contributed by atoms with Gasteiger partial charge in [0.1, 0.15) is 5.75 Å². The Labute approximate surface area is 104 Å². The number of halogens is 1. The van der Waals surface area contributed by atoms with Gasteiger partial charge in [-0.15, -0.1) is 0 Å². The van der Waals surface area contributed by atoms with Gasteiger partial charge < -0.3 is 10.2 Å². The minimum atomic E-state index is -1.14. The van der Waals surface area contributed by atoms with E-state index in [1.165, 1.54) is 0 Å². The molecule has 0 aliphatic carbocycles. The minimum absolute atomic E-state index is 0.134. The fraction of sp³-hybridized carbons (Fsp3) is 0.222. The van der Waals surface area contributed by atoms with Crippen molar-refractivity contribution in [2.24, 2.45) is 0 Å². The lowest BCUT2D eigenvalue weighted by Crippen LogP contribution is -1.84. The topological polar surface area (TPSA) is 57.5 Å². The van der Waals surface area contributed by atoms with Crippen LogP contribution in [0.3, 0.4) is 0 Å². The molecule has 0 saturated heterocycles. The number of carbonyl (C=O) groups is 1. The van der Waals surface area contributed by atoms with Gasteiger partial charge in [-0.3, -0.25) is 0 Å². The predicted molar refractivity (Wildman–Crippen MR) is 67.7 cm³/mol. The number of carboxylic acid groups (broad SMARTS) is 1. The molecule has 0 saturated carbocycles. The molecule has 0 atom stereocenters. The first-order valence-corrected chi connectivity index (χ1v) is 5.43. The summed E-state index contributed by atoms with van der Waals surface area (Å²) in [5, 5.41) is 15.6. The molecule has 3 nitrogen and oxygen atoms in total.